The molecule has 0 saturated heterocycles. The van der Waals surface area contributed by atoms with Gasteiger partial charge in [-0.15, -0.1) is 0 Å². The Balaban J connectivity index is 2.41. The number of carbonyl (C=O) groups excluding carboxylic acids is 3. The molecule has 7 nitrogen and oxygen atoms in total. The van der Waals surface area contributed by atoms with Gasteiger partial charge in [-0.05, 0) is 5.56 Å². The van der Waals surface area contributed by atoms with Gasteiger partial charge in [0, 0.05) is 19.7 Å². The lowest BCUT2D eigenvalue weighted by Crippen LogP contribution is -2.31. The average molecular weight is 342 g/mol. The van der Waals surface area contributed by atoms with E-state index in [9.17, 15) is 19.2 Å². The van der Waals surface area contributed by atoms with Crippen LogP contribution in [0, 0.1) is 0 Å². The molecule has 1 aromatic carbocycles. The standard InChI is InChI=1S/C18H18N2O5/c1-12(22)15-17(25-2)16(23)14(11-20(15)8-9-21)18(24)19-10-13-6-4-3-5-7-13/h3-7,9,11H,8,10H2,1-2H3,(H,19,24). The van der Waals surface area contributed by atoms with Crippen molar-refractivity contribution in [2.45, 2.75) is 20.0 Å². The number of Topliss-reactive ketones (excluding diaryl/α,β-unsaturated/α-hetero) is 1. The summed E-state index contributed by atoms with van der Waals surface area (Å²) in [7, 11) is 1.24. The van der Waals surface area contributed by atoms with Gasteiger partial charge in [0.1, 0.15) is 17.5 Å². The first-order valence-corrected chi connectivity index (χ1v) is 7.57. The Hall–Kier alpha value is -3.22. The van der Waals surface area contributed by atoms with Crippen molar-refractivity contribution in [2.24, 2.45) is 0 Å². The number of nitrogens with one attached hydrogen (secondary N) is 1. The van der Waals surface area contributed by atoms with Crippen molar-refractivity contribution in [2.75, 3.05) is 7.11 Å². The molecule has 0 aliphatic carbocycles. The molecule has 0 radical (unpaired) electrons. The predicted octanol–water partition coefficient (Wildman–Crippen LogP) is 1.19. The third kappa shape index (κ3) is 4.00. The van der Waals surface area contributed by atoms with E-state index in [2.05, 4.69) is 5.32 Å². The number of hydrogen-bond acceptors (Lipinski definition) is 5. The molecule has 1 amide bonds. The molecule has 0 saturated carbocycles. The summed E-state index contributed by atoms with van der Waals surface area (Å²) in [6, 6.07) is 9.20. The highest BCUT2D eigenvalue weighted by atomic mass is 16.5. The van der Waals surface area contributed by atoms with Crippen LogP contribution in [0.1, 0.15) is 33.3 Å². The molecule has 25 heavy (non-hydrogen) atoms. The maximum atomic E-state index is 12.5. The highest BCUT2D eigenvalue weighted by molar-refractivity contribution is 5.98. The van der Waals surface area contributed by atoms with Crippen LogP contribution in [-0.2, 0) is 17.9 Å². The average Bonchev–Trinajstić information content (AvgIpc) is 2.61. The number of aldehydes is 1. The monoisotopic (exact) mass is 342 g/mol. The predicted molar refractivity (Wildman–Crippen MR) is 90.9 cm³/mol. The number of ether oxygens (including phenoxy) is 1. The largest absolute Gasteiger partial charge is 0.491 e. The number of ketones is 1. The quantitative estimate of drug-likeness (QED) is 0.602. The van der Waals surface area contributed by atoms with Crippen molar-refractivity contribution >= 4 is 18.0 Å². The molecule has 2 aromatic rings. The number of methoxy groups -OCH3 is 1. The number of carbonyl (C=O) groups is 3. The molecule has 130 valence electrons. The molecule has 0 bridgehead atoms. The van der Waals surface area contributed by atoms with Gasteiger partial charge in [-0.25, -0.2) is 0 Å². The van der Waals surface area contributed by atoms with E-state index in [1.807, 2.05) is 30.3 Å². The van der Waals surface area contributed by atoms with Gasteiger partial charge in [0.05, 0.1) is 13.7 Å². The Labute approximate surface area is 144 Å². The van der Waals surface area contributed by atoms with Crippen LogP contribution in [0.4, 0.5) is 0 Å². The maximum Gasteiger partial charge on any atom is 0.257 e. The second-order valence-electron chi connectivity index (χ2n) is 5.30. The highest BCUT2D eigenvalue weighted by Gasteiger charge is 2.22. The SMILES string of the molecule is COc1c(C(C)=O)n(CC=O)cc(C(=O)NCc2ccccc2)c1=O. The first kappa shape index (κ1) is 18.1. The summed E-state index contributed by atoms with van der Waals surface area (Å²) in [4.78, 5) is 47.6. The molecule has 1 N–H and O–H groups in total. The molecule has 0 fully saturated rings. The summed E-state index contributed by atoms with van der Waals surface area (Å²) < 4.78 is 6.27. The second kappa shape index (κ2) is 8.05. The zero-order chi connectivity index (χ0) is 18.4. The lowest BCUT2D eigenvalue weighted by atomic mass is 10.1. The third-order valence-electron chi connectivity index (χ3n) is 3.59. The fraction of sp³-hybridized carbons (Fsp3) is 0.222. The molecule has 0 aliphatic rings. The molecule has 2 rings (SSSR count). The fourth-order valence-electron chi connectivity index (χ4n) is 2.45. The number of rotatable bonds is 7. The van der Waals surface area contributed by atoms with E-state index < -0.39 is 17.1 Å². The fourth-order valence-corrected chi connectivity index (χ4v) is 2.45. The van der Waals surface area contributed by atoms with Crippen LogP contribution in [0.3, 0.4) is 0 Å². The van der Waals surface area contributed by atoms with E-state index in [1.54, 1.807) is 0 Å². The van der Waals surface area contributed by atoms with Crippen LogP contribution in [0.15, 0.2) is 41.3 Å². The van der Waals surface area contributed by atoms with E-state index in [0.29, 0.717) is 6.29 Å². The molecule has 1 aromatic heterocycles. The van der Waals surface area contributed by atoms with Crippen molar-refractivity contribution in [3.8, 4) is 5.75 Å². The van der Waals surface area contributed by atoms with Crippen LogP contribution in [0.5, 0.6) is 5.75 Å². The van der Waals surface area contributed by atoms with Crippen molar-refractivity contribution in [3.63, 3.8) is 0 Å². The van der Waals surface area contributed by atoms with E-state index in [-0.39, 0.29) is 30.1 Å². The second-order valence-corrected chi connectivity index (χ2v) is 5.30. The van der Waals surface area contributed by atoms with Gasteiger partial charge in [0.25, 0.3) is 5.91 Å². The summed E-state index contributed by atoms with van der Waals surface area (Å²) in [5.41, 5.74) is -0.0596. The summed E-state index contributed by atoms with van der Waals surface area (Å²) in [5.74, 6) is -1.30. The maximum absolute atomic E-state index is 12.5. The van der Waals surface area contributed by atoms with Gasteiger partial charge in [-0.3, -0.25) is 14.4 Å². The Morgan fingerprint density at radius 3 is 2.48 bits per heavy atom. The van der Waals surface area contributed by atoms with E-state index >= 15 is 0 Å². The zero-order valence-electron chi connectivity index (χ0n) is 13.9. The summed E-state index contributed by atoms with van der Waals surface area (Å²) in [6.07, 6.45) is 1.78. The Morgan fingerprint density at radius 1 is 1.24 bits per heavy atom. The molecule has 0 aliphatic heterocycles. The minimum absolute atomic E-state index is 0.0424. The number of aromatic nitrogens is 1. The van der Waals surface area contributed by atoms with Gasteiger partial charge in [-0.1, -0.05) is 30.3 Å². The van der Waals surface area contributed by atoms with Gasteiger partial charge >= 0.3 is 0 Å². The lowest BCUT2D eigenvalue weighted by Gasteiger charge is -2.15. The van der Waals surface area contributed by atoms with Crippen LogP contribution in [0.25, 0.3) is 0 Å². The smallest absolute Gasteiger partial charge is 0.257 e. The van der Waals surface area contributed by atoms with Crippen molar-refractivity contribution in [1.82, 2.24) is 9.88 Å². The first-order chi connectivity index (χ1) is 12.0. The summed E-state index contributed by atoms with van der Waals surface area (Å²) in [5, 5.41) is 2.64. The Morgan fingerprint density at radius 2 is 1.92 bits per heavy atom. The van der Waals surface area contributed by atoms with Crippen molar-refractivity contribution in [1.29, 1.82) is 0 Å². The van der Waals surface area contributed by atoms with Gasteiger partial charge in [0.15, 0.2) is 11.5 Å². The number of benzene rings is 1. The third-order valence-corrected chi connectivity index (χ3v) is 3.59. The number of amides is 1. The van der Waals surface area contributed by atoms with E-state index in [0.717, 1.165) is 5.56 Å². The Bertz CT molecular complexity index is 856. The van der Waals surface area contributed by atoms with Crippen molar-refractivity contribution in [3.05, 3.63) is 63.6 Å². The highest BCUT2D eigenvalue weighted by Crippen LogP contribution is 2.16. The normalized spacial score (nSPS) is 10.2. The summed E-state index contributed by atoms with van der Waals surface area (Å²) >= 11 is 0. The molecule has 0 spiro atoms. The molecular formula is C18H18N2O5. The van der Waals surface area contributed by atoms with E-state index in [1.165, 1.54) is 24.8 Å². The van der Waals surface area contributed by atoms with Gasteiger partial charge < -0.3 is 19.4 Å². The van der Waals surface area contributed by atoms with Crippen LogP contribution in [0.2, 0.25) is 0 Å². The molecule has 0 atom stereocenters. The van der Waals surface area contributed by atoms with Gasteiger partial charge in [0.2, 0.25) is 5.43 Å². The van der Waals surface area contributed by atoms with Crippen LogP contribution >= 0.6 is 0 Å². The van der Waals surface area contributed by atoms with E-state index in [4.69, 9.17) is 4.74 Å². The number of hydrogen-bond donors (Lipinski definition) is 1. The van der Waals surface area contributed by atoms with Gasteiger partial charge in [-0.2, -0.15) is 0 Å². The lowest BCUT2D eigenvalue weighted by molar-refractivity contribution is -0.108. The first-order valence-electron chi connectivity index (χ1n) is 7.57. The minimum atomic E-state index is -0.694. The number of pyridine rings is 1. The summed E-state index contributed by atoms with van der Waals surface area (Å²) in [6.45, 7) is 1.32. The molecule has 0 unspecified atom stereocenters. The molecule has 7 heteroatoms. The number of nitrogens with zero attached hydrogens (tertiary/aromatic N) is 1. The van der Waals surface area contributed by atoms with Crippen LogP contribution < -0.4 is 15.5 Å². The zero-order valence-corrected chi connectivity index (χ0v) is 13.9. The topological polar surface area (TPSA) is 94.5 Å². The molecular weight excluding hydrogens is 324 g/mol. The van der Waals surface area contributed by atoms with Crippen LogP contribution in [-0.4, -0.2) is 29.7 Å². The minimum Gasteiger partial charge on any atom is -0.491 e. The van der Waals surface area contributed by atoms with Crippen molar-refractivity contribution < 1.29 is 19.1 Å². The molecule has 1 heterocycles. The Kier molecular flexibility index (Phi) is 5.84.